The monoisotopic (exact) mass is 368 g/mol. The van der Waals surface area contributed by atoms with Crippen molar-refractivity contribution in [2.24, 2.45) is 0 Å². The van der Waals surface area contributed by atoms with Gasteiger partial charge >= 0.3 is 0 Å². The maximum absolute atomic E-state index is 13.1. The second kappa shape index (κ2) is 8.40. The predicted octanol–water partition coefficient (Wildman–Crippen LogP) is 3.48. The van der Waals surface area contributed by atoms with E-state index in [4.69, 9.17) is 0 Å². The minimum atomic E-state index is -0.404. The molecule has 3 rings (SSSR count). The van der Waals surface area contributed by atoms with Gasteiger partial charge in [0.05, 0.1) is 5.56 Å². The first kappa shape index (κ1) is 18.5. The SMILES string of the molecule is O=C(NCCCc1cccc(F)c1)c1ccc(=O)n(-c2ccc(F)cc2)c1. The van der Waals surface area contributed by atoms with Crippen LogP contribution in [0.25, 0.3) is 5.69 Å². The van der Waals surface area contributed by atoms with E-state index in [0.29, 0.717) is 30.6 Å². The fourth-order valence-electron chi connectivity index (χ4n) is 2.71. The van der Waals surface area contributed by atoms with Crippen LogP contribution in [0.1, 0.15) is 22.3 Å². The van der Waals surface area contributed by atoms with E-state index in [1.165, 1.54) is 59.3 Å². The summed E-state index contributed by atoms with van der Waals surface area (Å²) in [7, 11) is 0. The Kier molecular flexibility index (Phi) is 5.76. The molecule has 0 aliphatic carbocycles. The van der Waals surface area contributed by atoms with Crippen molar-refractivity contribution < 1.29 is 13.6 Å². The highest BCUT2D eigenvalue weighted by Crippen LogP contribution is 2.09. The van der Waals surface area contributed by atoms with Gasteiger partial charge in [0.1, 0.15) is 11.6 Å². The van der Waals surface area contributed by atoms with Crippen LogP contribution in [-0.4, -0.2) is 17.0 Å². The van der Waals surface area contributed by atoms with Crippen LogP contribution in [0.5, 0.6) is 0 Å². The smallest absolute Gasteiger partial charge is 0.255 e. The maximum Gasteiger partial charge on any atom is 0.255 e. The quantitative estimate of drug-likeness (QED) is 0.678. The lowest BCUT2D eigenvalue weighted by Gasteiger charge is -2.09. The summed E-state index contributed by atoms with van der Waals surface area (Å²) in [6.45, 7) is 0.422. The lowest BCUT2D eigenvalue weighted by molar-refractivity contribution is 0.0952. The lowest BCUT2D eigenvalue weighted by atomic mass is 10.1. The largest absolute Gasteiger partial charge is 0.352 e. The molecule has 0 saturated heterocycles. The van der Waals surface area contributed by atoms with Gasteiger partial charge in [-0.3, -0.25) is 14.2 Å². The molecule has 1 N–H and O–H groups in total. The molecule has 0 spiro atoms. The number of amides is 1. The van der Waals surface area contributed by atoms with Crippen LogP contribution in [0.4, 0.5) is 8.78 Å². The Hall–Kier alpha value is -3.28. The van der Waals surface area contributed by atoms with E-state index in [2.05, 4.69) is 5.32 Å². The molecule has 0 aliphatic rings. The molecule has 0 fully saturated rings. The molecule has 138 valence electrons. The molecule has 4 nitrogen and oxygen atoms in total. The normalized spacial score (nSPS) is 10.6. The van der Waals surface area contributed by atoms with Crippen LogP contribution in [0.2, 0.25) is 0 Å². The number of pyridine rings is 1. The van der Waals surface area contributed by atoms with E-state index < -0.39 is 5.82 Å². The standard InChI is InChI=1S/C21H18F2N2O2/c22-17-7-9-19(10-8-17)25-14-16(6-11-20(25)26)21(27)24-12-2-4-15-3-1-5-18(23)13-15/h1,3,5-11,13-14H,2,4,12H2,(H,24,27). The van der Waals surface area contributed by atoms with Crippen molar-refractivity contribution in [3.8, 4) is 5.69 Å². The second-order valence-electron chi connectivity index (χ2n) is 6.09. The number of rotatable bonds is 6. The van der Waals surface area contributed by atoms with Gasteiger partial charge in [-0.2, -0.15) is 0 Å². The molecule has 2 aromatic carbocycles. The molecule has 0 bridgehead atoms. The molecule has 1 heterocycles. The molecule has 0 saturated carbocycles. The van der Waals surface area contributed by atoms with Crippen molar-refractivity contribution in [1.29, 1.82) is 0 Å². The van der Waals surface area contributed by atoms with Crippen LogP contribution < -0.4 is 10.9 Å². The highest BCUT2D eigenvalue weighted by molar-refractivity contribution is 5.93. The summed E-state index contributed by atoms with van der Waals surface area (Å²) in [4.78, 5) is 24.3. The molecule has 6 heteroatoms. The Morgan fingerprint density at radius 3 is 2.48 bits per heavy atom. The van der Waals surface area contributed by atoms with Crippen molar-refractivity contribution >= 4 is 5.91 Å². The lowest BCUT2D eigenvalue weighted by Crippen LogP contribution is -2.27. The van der Waals surface area contributed by atoms with E-state index in [-0.39, 0.29) is 17.3 Å². The average Bonchev–Trinajstić information content (AvgIpc) is 2.66. The first-order chi connectivity index (χ1) is 13.0. The average molecular weight is 368 g/mol. The van der Waals surface area contributed by atoms with E-state index in [9.17, 15) is 18.4 Å². The number of hydrogen-bond acceptors (Lipinski definition) is 2. The van der Waals surface area contributed by atoms with Crippen molar-refractivity contribution in [3.05, 3.63) is 100.0 Å². The van der Waals surface area contributed by atoms with Gasteiger partial charge in [0.25, 0.3) is 11.5 Å². The van der Waals surface area contributed by atoms with Crippen LogP contribution >= 0.6 is 0 Å². The Labute approximate surface area is 155 Å². The highest BCUT2D eigenvalue weighted by atomic mass is 19.1. The predicted molar refractivity (Wildman–Crippen MR) is 99.1 cm³/mol. The van der Waals surface area contributed by atoms with E-state index in [1.54, 1.807) is 6.07 Å². The zero-order chi connectivity index (χ0) is 19.2. The minimum absolute atomic E-state index is 0.278. The van der Waals surface area contributed by atoms with Gasteiger partial charge in [0, 0.05) is 24.5 Å². The summed E-state index contributed by atoms with van der Waals surface area (Å²) < 4.78 is 27.5. The highest BCUT2D eigenvalue weighted by Gasteiger charge is 2.08. The van der Waals surface area contributed by atoms with E-state index in [0.717, 1.165) is 5.56 Å². The Morgan fingerprint density at radius 2 is 1.74 bits per heavy atom. The molecular weight excluding hydrogens is 350 g/mol. The molecule has 0 radical (unpaired) electrons. The first-order valence-corrected chi connectivity index (χ1v) is 8.54. The van der Waals surface area contributed by atoms with Gasteiger partial charge in [-0.05, 0) is 60.9 Å². The van der Waals surface area contributed by atoms with Gasteiger partial charge in [-0.15, -0.1) is 0 Å². The molecule has 27 heavy (non-hydrogen) atoms. The zero-order valence-electron chi connectivity index (χ0n) is 14.5. The molecular formula is C21H18F2N2O2. The van der Waals surface area contributed by atoms with Gasteiger partial charge in [0.15, 0.2) is 0 Å². The van der Waals surface area contributed by atoms with Gasteiger partial charge in [0.2, 0.25) is 0 Å². The zero-order valence-corrected chi connectivity index (χ0v) is 14.5. The molecule has 0 aliphatic heterocycles. The molecule has 1 aromatic heterocycles. The third-order valence-electron chi connectivity index (χ3n) is 4.09. The Balaban J connectivity index is 1.62. The summed E-state index contributed by atoms with van der Waals surface area (Å²) in [5.74, 6) is -0.997. The number of nitrogens with one attached hydrogen (secondary N) is 1. The van der Waals surface area contributed by atoms with Gasteiger partial charge in [-0.1, -0.05) is 12.1 Å². The summed E-state index contributed by atoms with van der Waals surface area (Å²) in [6.07, 6.45) is 2.73. The first-order valence-electron chi connectivity index (χ1n) is 8.54. The van der Waals surface area contributed by atoms with E-state index in [1.807, 2.05) is 6.07 Å². The number of aryl methyl sites for hydroxylation is 1. The van der Waals surface area contributed by atoms with Crippen molar-refractivity contribution in [1.82, 2.24) is 9.88 Å². The second-order valence-corrected chi connectivity index (χ2v) is 6.09. The number of carbonyl (C=O) groups is 1. The fourth-order valence-corrected chi connectivity index (χ4v) is 2.71. The molecule has 0 atom stereocenters. The number of nitrogens with zero attached hydrogens (tertiary/aromatic N) is 1. The number of carbonyl (C=O) groups excluding carboxylic acids is 1. The topological polar surface area (TPSA) is 51.1 Å². The number of benzene rings is 2. The summed E-state index contributed by atoms with van der Waals surface area (Å²) >= 11 is 0. The van der Waals surface area contributed by atoms with Crippen LogP contribution in [0.15, 0.2) is 71.7 Å². The van der Waals surface area contributed by atoms with Crippen molar-refractivity contribution in [2.75, 3.05) is 6.54 Å². The van der Waals surface area contributed by atoms with Gasteiger partial charge < -0.3 is 5.32 Å². The maximum atomic E-state index is 13.1. The number of halogens is 2. The summed E-state index contributed by atoms with van der Waals surface area (Å²) in [5, 5.41) is 2.78. The van der Waals surface area contributed by atoms with E-state index >= 15 is 0 Å². The van der Waals surface area contributed by atoms with Crippen molar-refractivity contribution in [3.63, 3.8) is 0 Å². The minimum Gasteiger partial charge on any atom is -0.352 e. The number of aromatic nitrogens is 1. The third kappa shape index (κ3) is 4.88. The number of hydrogen-bond donors (Lipinski definition) is 1. The fraction of sp³-hybridized carbons (Fsp3) is 0.143. The van der Waals surface area contributed by atoms with Crippen LogP contribution in [-0.2, 0) is 6.42 Å². The van der Waals surface area contributed by atoms with Crippen LogP contribution in [0, 0.1) is 11.6 Å². The molecule has 1 amide bonds. The van der Waals surface area contributed by atoms with Gasteiger partial charge in [-0.25, -0.2) is 8.78 Å². The summed E-state index contributed by atoms with van der Waals surface area (Å²) in [5.41, 5.74) is 1.35. The summed E-state index contributed by atoms with van der Waals surface area (Å²) in [6, 6.07) is 14.5. The van der Waals surface area contributed by atoms with Crippen molar-refractivity contribution in [2.45, 2.75) is 12.8 Å². The molecule has 0 unspecified atom stereocenters. The molecule has 3 aromatic rings. The van der Waals surface area contributed by atoms with Crippen LogP contribution in [0.3, 0.4) is 0 Å². The Morgan fingerprint density at radius 1 is 0.963 bits per heavy atom. The Bertz CT molecular complexity index is 998. The third-order valence-corrected chi connectivity index (χ3v) is 4.09.